The Hall–Kier alpha value is -0.980. The molecule has 0 aliphatic carbocycles. The van der Waals surface area contributed by atoms with Crippen LogP contribution < -0.4 is 10.5 Å². The van der Waals surface area contributed by atoms with Crippen molar-refractivity contribution in [1.29, 1.82) is 0 Å². The van der Waals surface area contributed by atoms with E-state index in [1.165, 1.54) is 19.2 Å². The lowest BCUT2D eigenvalue weighted by molar-refractivity contribution is -0.138. The molecule has 1 atom stereocenters. The van der Waals surface area contributed by atoms with E-state index in [4.69, 9.17) is 10.5 Å². The molecule has 0 aromatic heterocycles. The first-order valence-corrected chi connectivity index (χ1v) is 5.75. The highest BCUT2D eigenvalue weighted by Gasteiger charge is 2.38. The minimum atomic E-state index is -4.52. The fourth-order valence-corrected chi connectivity index (χ4v) is 1.70. The predicted octanol–water partition coefficient (Wildman–Crippen LogP) is 3.15. The zero-order chi connectivity index (χ0) is 14.8. The third kappa shape index (κ3) is 4.01. The van der Waals surface area contributed by atoms with Gasteiger partial charge in [-0.15, -0.1) is 12.4 Å². The molecule has 0 heterocycles. The second-order valence-corrected chi connectivity index (χ2v) is 5.08. The summed E-state index contributed by atoms with van der Waals surface area (Å²) in [5.74, 6) is 0.116. The Morgan fingerprint density at radius 3 is 2.25 bits per heavy atom. The molecule has 116 valence electrons. The third-order valence-electron chi connectivity index (χ3n) is 3.15. The van der Waals surface area contributed by atoms with Crippen molar-refractivity contribution in [2.75, 3.05) is 13.7 Å². The second kappa shape index (κ2) is 6.65. The number of alkyl halides is 3. The number of benzene rings is 1. The lowest BCUT2D eigenvalue weighted by atomic mass is 9.80. The molecular formula is C13H19ClF3NO2. The summed E-state index contributed by atoms with van der Waals surface area (Å²) >= 11 is 0. The second-order valence-electron chi connectivity index (χ2n) is 5.08. The van der Waals surface area contributed by atoms with Crippen molar-refractivity contribution in [3.63, 3.8) is 0 Å². The van der Waals surface area contributed by atoms with Crippen LogP contribution in [0.15, 0.2) is 18.2 Å². The van der Waals surface area contributed by atoms with Crippen molar-refractivity contribution in [1.82, 2.24) is 0 Å². The molecule has 3 nitrogen and oxygen atoms in total. The summed E-state index contributed by atoms with van der Waals surface area (Å²) in [6.45, 7) is 2.92. The van der Waals surface area contributed by atoms with E-state index in [0.29, 0.717) is 0 Å². The summed E-state index contributed by atoms with van der Waals surface area (Å²) < 4.78 is 43.9. The van der Waals surface area contributed by atoms with Crippen molar-refractivity contribution < 1.29 is 23.0 Å². The van der Waals surface area contributed by atoms with Gasteiger partial charge in [0.05, 0.1) is 12.7 Å². The molecule has 0 radical (unpaired) electrons. The summed E-state index contributed by atoms with van der Waals surface area (Å²) in [7, 11) is 1.30. The monoisotopic (exact) mass is 313 g/mol. The average molecular weight is 314 g/mol. The summed E-state index contributed by atoms with van der Waals surface area (Å²) in [4.78, 5) is 0. The van der Waals surface area contributed by atoms with Crippen molar-refractivity contribution >= 4 is 12.4 Å². The Kier molecular flexibility index (Phi) is 6.32. The fourth-order valence-electron chi connectivity index (χ4n) is 1.70. The molecule has 1 aromatic carbocycles. The van der Waals surface area contributed by atoms with Crippen molar-refractivity contribution in [2.45, 2.75) is 26.1 Å². The Morgan fingerprint density at radius 1 is 1.30 bits per heavy atom. The summed E-state index contributed by atoms with van der Waals surface area (Å²) in [6.07, 6.45) is -4.52. The lowest BCUT2D eigenvalue weighted by Crippen LogP contribution is -2.34. The normalized spacial score (nSPS) is 13.6. The predicted molar refractivity (Wildman–Crippen MR) is 73.0 cm³/mol. The zero-order valence-electron chi connectivity index (χ0n) is 11.5. The lowest BCUT2D eigenvalue weighted by Gasteiger charge is -2.31. The first-order valence-electron chi connectivity index (χ1n) is 5.75. The van der Waals surface area contributed by atoms with Gasteiger partial charge < -0.3 is 15.6 Å². The van der Waals surface area contributed by atoms with E-state index < -0.39 is 23.2 Å². The molecule has 0 spiro atoms. The minimum absolute atomic E-state index is 0. The fraction of sp³-hybridized carbons (Fsp3) is 0.538. The maximum Gasteiger partial charge on any atom is 0.416 e. The minimum Gasteiger partial charge on any atom is -0.497 e. The molecule has 0 bridgehead atoms. The molecule has 0 fully saturated rings. The van der Waals surface area contributed by atoms with E-state index in [0.717, 1.165) is 6.07 Å². The Morgan fingerprint density at radius 2 is 1.85 bits per heavy atom. The number of hydrogen-bond donors (Lipinski definition) is 2. The van der Waals surface area contributed by atoms with Gasteiger partial charge in [-0.2, -0.15) is 13.2 Å². The van der Waals surface area contributed by atoms with Gasteiger partial charge in [0.15, 0.2) is 0 Å². The van der Waals surface area contributed by atoms with Gasteiger partial charge in [0.25, 0.3) is 0 Å². The molecule has 1 aromatic rings. The Balaban J connectivity index is 0.00000361. The van der Waals surface area contributed by atoms with Crippen LogP contribution in [-0.4, -0.2) is 18.8 Å². The standard InChI is InChI=1S/C13H18F3NO2.ClH/c1-12(2,7-18)11(17)9-5-4-8(19-3)6-10(9)13(14,15)16;/h4-6,11,18H,7,17H2,1-3H3;1H/t11-;/m1./s1. The smallest absolute Gasteiger partial charge is 0.416 e. The van der Waals surface area contributed by atoms with E-state index in [1.807, 2.05) is 0 Å². The number of nitrogens with two attached hydrogens (primary N) is 1. The number of halogens is 4. The van der Waals surface area contributed by atoms with E-state index in [-0.39, 0.29) is 30.3 Å². The van der Waals surface area contributed by atoms with Gasteiger partial charge in [-0.1, -0.05) is 19.9 Å². The van der Waals surface area contributed by atoms with Crippen LogP contribution in [-0.2, 0) is 6.18 Å². The molecule has 0 amide bonds. The summed E-state index contributed by atoms with van der Waals surface area (Å²) in [5.41, 5.74) is 4.14. The zero-order valence-corrected chi connectivity index (χ0v) is 12.3. The molecular weight excluding hydrogens is 295 g/mol. The van der Waals surface area contributed by atoms with Crippen molar-refractivity contribution in [2.24, 2.45) is 11.1 Å². The topological polar surface area (TPSA) is 55.5 Å². The van der Waals surface area contributed by atoms with Gasteiger partial charge >= 0.3 is 6.18 Å². The molecule has 20 heavy (non-hydrogen) atoms. The van der Waals surface area contributed by atoms with Crippen LogP contribution in [0.5, 0.6) is 5.75 Å². The van der Waals surface area contributed by atoms with Crippen LogP contribution in [0.3, 0.4) is 0 Å². The third-order valence-corrected chi connectivity index (χ3v) is 3.15. The van der Waals surface area contributed by atoms with Gasteiger partial charge in [-0.3, -0.25) is 0 Å². The van der Waals surface area contributed by atoms with Crippen LogP contribution in [0, 0.1) is 5.41 Å². The van der Waals surface area contributed by atoms with E-state index in [2.05, 4.69) is 0 Å². The maximum absolute atomic E-state index is 13.0. The highest BCUT2D eigenvalue weighted by atomic mass is 35.5. The SMILES string of the molecule is COc1ccc([C@@H](N)C(C)(C)CO)c(C(F)(F)F)c1.Cl. The average Bonchev–Trinajstić information content (AvgIpc) is 2.36. The first-order chi connectivity index (χ1) is 8.63. The molecule has 1 rings (SSSR count). The highest BCUT2D eigenvalue weighted by molar-refractivity contribution is 5.85. The number of aliphatic hydroxyl groups excluding tert-OH is 1. The van der Waals surface area contributed by atoms with Crippen LogP contribution in [0.2, 0.25) is 0 Å². The highest BCUT2D eigenvalue weighted by Crippen LogP contribution is 2.40. The molecule has 7 heteroatoms. The largest absolute Gasteiger partial charge is 0.497 e. The first kappa shape index (κ1) is 19.0. The van der Waals surface area contributed by atoms with Crippen LogP contribution >= 0.6 is 12.4 Å². The number of aliphatic hydroxyl groups is 1. The van der Waals surface area contributed by atoms with E-state index in [9.17, 15) is 18.3 Å². The van der Waals surface area contributed by atoms with Gasteiger partial charge in [-0.25, -0.2) is 0 Å². The molecule has 3 N–H and O–H groups in total. The number of methoxy groups -OCH3 is 1. The molecule has 0 aliphatic heterocycles. The summed E-state index contributed by atoms with van der Waals surface area (Å²) in [6, 6.07) is 2.71. The van der Waals surface area contributed by atoms with Crippen LogP contribution in [0.4, 0.5) is 13.2 Å². The molecule has 0 aliphatic rings. The van der Waals surface area contributed by atoms with Crippen LogP contribution in [0.25, 0.3) is 0 Å². The maximum atomic E-state index is 13.0. The van der Waals surface area contributed by atoms with Gasteiger partial charge in [-0.05, 0) is 17.7 Å². The molecule has 0 saturated carbocycles. The van der Waals surface area contributed by atoms with E-state index in [1.54, 1.807) is 13.8 Å². The quantitative estimate of drug-likeness (QED) is 0.898. The van der Waals surface area contributed by atoms with Crippen molar-refractivity contribution in [3.8, 4) is 5.75 Å². The number of hydrogen-bond acceptors (Lipinski definition) is 3. The van der Waals surface area contributed by atoms with Gasteiger partial charge in [0, 0.05) is 18.1 Å². The Labute approximate surface area is 122 Å². The van der Waals surface area contributed by atoms with E-state index >= 15 is 0 Å². The van der Waals surface area contributed by atoms with Crippen LogP contribution in [0.1, 0.15) is 31.0 Å². The Bertz CT molecular complexity index is 450. The number of ether oxygens (including phenoxy) is 1. The number of rotatable bonds is 4. The van der Waals surface area contributed by atoms with Gasteiger partial charge in [0.1, 0.15) is 5.75 Å². The van der Waals surface area contributed by atoms with Crippen molar-refractivity contribution in [3.05, 3.63) is 29.3 Å². The van der Waals surface area contributed by atoms with Gasteiger partial charge in [0.2, 0.25) is 0 Å². The molecule has 0 unspecified atom stereocenters. The molecule has 0 saturated heterocycles. The summed E-state index contributed by atoms with van der Waals surface area (Å²) in [5, 5.41) is 9.23.